The van der Waals surface area contributed by atoms with Gasteiger partial charge in [0.1, 0.15) is 13.1 Å². The molecule has 0 atom stereocenters. The van der Waals surface area contributed by atoms with E-state index in [1.165, 1.54) is 16.9 Å². The fourth-order valence-corrected chi connectivity index (χ4v) is 3.96. The number of fused-ring (bicyclic) bond motifs is 1. The Bertz CT molecular complexity index is 725. The molecule has 1 fully saturated rings. The van der Waals surface area contributed by atoms with Gasteiger partial charge in [-0.1, -0.05) is 32.0 Å². The van der Waals surface area contributed by atoms with E-state index in [1.807, 2.05) is 6.08 Å². The van der Waals surface area contributed by atoms with Gasteiger partial charge in [0.25, 0.3) is 0 Å². The van der Waals surface area contributed by atoms with Gasteiger partial charge in [-0.2, -0.15) is 5.10 Å². The van der Waals surface area contributed by atoms with Gasteiger partial charge in [-0.05, 0) is 29.9 Å². The molecule has 3 N–H and O–H groups in total. The summed E-state index contributed by atoms with van der Waals surface area (Å²) in [5.74, 6) is 0. The number of allylic oxidation sites excluding steroid dienone is 2. The van der Waals surface area contributed by atoms with Crippen molar-refractivity contribution < 1.29 is 9.64 Å². The molecule has 2 heterocycles. The van der Waals surface area contributed by atoms with E-state index in [-0.39, 0.29) is 5.41 Å². The lowest BCUT2D eigenvalue weighted by molar-refractivity contribution is -0.906. The van der Waals surface area contributed by atoms with Crippen LogP contribution in [0.3, 0.4) is 0 Å². The number of anilines is 1. The van der Waals surface area contributed by atoms with Crippen molar-refractivity contribution in [3.63, 3.8) is 0 Å². The molecule has 27 heavy (non-hydrogen) atoms. The number of hydrazone groups is 1. The smallest absolute Gasteiger partial charge is 0.187 e. The van der Waals surface area contributed by atoms with Gasteiger partial charge in [-0.3, -0.25) is 5.43 Å². The largest absolute Gasteiger partial charge is 0.370 e. The van der Waals surface area contributed by atoms with Crippen molar-refractivity contribution in [2.75, 3.05) is 51.3 Å². The van der Waals surface area contributed by atoms with Crippen LogP contribution in [0, 0.1) is 0 Å². The number of hydrogen-bond donors (Lipinski definition) is 3. The van der Waals surface area contributed by atoms with Crippen LogP contribution >= 0.6 is 12.2 Å². The van der Waals surface area contributed by atoms with Crippen molar-refractivity contribution >= 4 is 29.2 Å². The number of rotatable bonds is 5. The first-order valence-electron chi connectivity index (χ1n) is 9.52. The molecule has 146 valence electrons. The van der Waals surface area contributed by atoms with Crippen LogP contribution in [0.15, 0.2) is 41.1 Å². The van der Waals surface area contributed by atoms with E-state index in [9.17, 15) is 0 Å². The van der Waals surface area contributed by atoms with Gasteiger partial charge in [0.05, 0.1) is 26.3 Å². The Hall–Kier alpha value is -1.96. The number of para-hydroxylation sites is 1. The second kappa shape index (κ2) is 8.82. The Balaban J connectivity index is 1.48. The topological polar surface area (TPSA) is 53.3 Å². The van der Waals surface area contributed by atoms with Crippen molar-refractivity contribution in [2.45, 2.75) is 19.3 Å². The van der Waals surface area contributed by atoms with Gasteiger partial charge < -0.3 is 19.9 Å². The first-order valence-corrected chi connectivity index (χ1v) is 9.93. The summed E-state index contributed by atoms with van der Waals surface area (Å²) in [6, 6.07) is 8.52. The highest BCUT2D eigenvalue weighted by molar-refractivity contribution is 7.80. The lowest BCUT2D eigenvalue weighted by Gasteiger charge is -2.23. The molecule has 0 radical (unpaired) electrons. The van der Waals surface area contributed by atoms with Gasteiger partial charge in [-0.15, -0.1) is 0 Å². The number of quaternary nitrogens is 1. The molecule has 0 bridgehead atoms. The molecule has 0 saturated carbocycles. The molecule has 0 spiro atoms. The summed E-state index contributed by atoms with van der Waals surface area (Å²) in [6.07, 6.45) is 3.83. The zero-order chi connectivity index (χ0) is 19.3. The number of morpholine rings is 1. The quantitative estimate of drug-likeness (QED) is 0.393. The molecule has 0 aliphatic carbocycles. The lowest BCUT2D eigenvalue weighted by Crippen LogP contribution is -3.14. The van der Waals surface area contributed by atoms with E-state index in [0.717, 1.165) is 39.4 Å². The summed E-state index contributed by atoms with van der Waals surface area (Å²) in [4.78, 5) is 3.78. The average molecular weight is 389 g/mol. The molecule has 0 aromatic heterocycles. The third kappa shape index (κ3) is 4.66. The van der Waals surface area contributed by atoms with Crippen molar-refractivity contribution in [3.8, 4) is 0 Å². The summed E-state index contributed by atoms with van der Waals surface area (Å²) in [5.41, 5.74) is 6.65. The molecule has 2 aliphatic heterocycles. The van der Waals surface area contributed by atoms with Crippen LogP contribution in [0.1, 0.15) is 19.4 Å². The standard InChI is InChI=1S/C20H29N5OS/c1-20(2)16-6-4-5-7-17(16)24(3)18(20)8-9-22-23-19(27)21-10-11-25-12-14-26-15-13-25/h4-9H,10-15H2,1-3H3,(H2,21,23,27)/p+1/b18-8-,22-9-. The number of nitrogens with one attached hydrogen (secondary N) is 3. The SMILES string of the molecule is CN1/C(=C\C=N/NC(=S)NCC[NH+]2CCOCC2)C(C)(C)c2ccccc21. The van der Waals surface area contributed by atoms with Gasteiger partial charge >= 0.3 is 0 Å². The zero-order valence-corrected chi connectivity index (χ0v) is 17.2. The Labute approximate surface area is 167 Å². The van der Waals surface area contributed by atoms with Crippen LogP contribution in [0.2, 0.25) is 0 Å². The number of nitrogens with zero attached hydrogens (tertiary/aromatic N) is 2. The molecule has 1 saturated heterocycles. The summed E-state index contributed by atoms with van der Waals surface area (Å²) < 4.78 is 5.37. The summed E-state index contributed by atoms with van der Waals surface area (Å²) in [7, 11) is 2.10. The normalized spacial score (nSPS) is 20.9. The maximum Gasteiger partial charge on any atom is 0.187 e. The minimum Gasteiger partial charge on any atom is -0.370 e. The maximum absolute atomic E-state index is 5.37. The lowest BCUT2D eigenvalue weighted by atomic mass is 9.84. The third-order valence-electron chi connectivity index (χ3n) is 5.38. The zero-order valence-electron chi connectivity index (χ0n) is 16.4. The number of benzene rings is 1. The number of thiocarbonyl (C=S) groups is 1. The van der Waals surface area contributed by atoms with E-state index >= 15 is 0 Å². The minimum atomic E-state index is -0.0446. The van der Waals surface area contributed by atoms with Crippen LogP contribution in [-0.4, -0.2) is 57.8 Å². The average Bonchev–Trinajstić information content (AvgIpc) is 2.86. The Morgan fingerprint density at radius 1 is 1.33 bits per heavy atom. The van der Waals surface area contributed by atoms with Gasteiger partial charge in [-0.25, -0.2) is 0 Å². The van der Waals surface area contributed by atoms with E-state index < -0.39 is 0 Å². The molecular weight excluding hydrogens is 358 g/mol. The summed E-state index contributed by atoms with van der Waals surface area (Å²) in [5, 5.41) is 8.02. The molecule has 1 aromatic carbocycles. The van der Waals surface area contributed by atoms with Crippen LogP contribution < -0.4 is 20.5 Å². The Morgan fingerprint density at radius 2 is 2.07 bits per heavy atom. The van der Waals surface area contributed by atoms with Crippen LogP contribution in [-0.2, 0) is 10.2 Å². The highest BCUT2D eigenvalue weighted by Gasteiger charge is 2.37. The number of hydrogen-bond acceptors (Lipinski definition) is 4. The van der Waals surface area contributed by atoms with Crippen molar-refractivity contribution in [2.24, 2.45) is 5.10 Å². The van der Waals surface area contributed by atoms with E-state index in [1.54, 1.807) is 11.1 Å². The highest BCUT2D eigenvalue weighted by atomic mass is 32.1. The predicted molar refractivity (Wildman–Crippen MR) is 115 cm³/mol. The fraction of sp³-hybridized carbons (Fsp3) is 0.500. The molecular formula is C20H30N5OS+. The predicted octanol–water partition coefficient (Wildman–Crippen LogP) is 0.663. The second-order valence-electron chi connectivity index (χ2n) is 7.51. The van der Waals surface area contributed by atoms with Crippen LogP contribution in [0.25, 0.3) is 0 Å². The maximum atomic E-state index is 5.37. The number of ether oxygens (including phenoxy) is 1. The Kier molecular flexibility index (Phi) is 6.46. The van der Waals surface area contributed by atoms with Crippen LogP contribution in [0.5, 0.6) is 0 Å². The molecule has 0 amide bonds. The Morgan fingerprint density at radius 3 is 2.81 bits per heavy atom. The highest BCUT2D eigenvalue weighted by Crippen LogP contribution is 2.46. The summed E-state index contributed by atoms with van der Waals surface area (Å²) >= 11 is 5.29. The molecule has 1 aromatic rings. The molecule has 6 nitrogen and oxygen atoms in total. The monoisotopic (exact) mass is 388 g/mol. The van der Waals surface area contributed by atoms with Gasteiger partial charge in [0.2, 0.25) is 0 Å². The first kappa shape index (κ1) is 19.8. The molecule has 0 unspecified atom stereocenters. The first-order chi connectivity index (χ1) is 13.0. The van der Waals surface area contributed by atoms with Crippen molar-refractivity contribution in [1.82, 2.24) is 10.7 Å². The van der Waals surface area contributed by atoms with E-state index in [0.29, 0.717) is 5.11 Å². The summed E-state index contributed by atoms with van der Waals surface area (Å²) in [6.45, 7) is 10.2. The second-order valence-corrected chi connectivity index (χ2v) is 7.92. The number of likely N-dealkylation sites (N-methyl/N-ethyl adjacent to an activating group) is 1. The van der Waals surface area contributed by atoms with E-state index in [2.05, 4.69) is 65.9 Å². The molecule has 7 heteroatoms. The van der Waals surface area contributed by atoms with Gasteiger partial charge in [0, 0.05) is 30.1 Å². The van der Waals surface area contributed by atoms with Crippen molar-refractivity contribution in [1.29, 1.82) is 0 Å². The molecule has 3 rings (SSSR count). The van der Waals surface area contributed by atoms with Crippen LogP contribution in [0.4, 0.5) is 5.69 Å². The third-order valence-corrected chi connectivity index (χ3v) is 5.61. The van der Waals surface area contributed by atoms with E-state index in [4.69, 9.17) is 17.0 Å². The molecule has 2 aliphatic rings. The minimum absolute atomic E-state index is 0.0446. The fourth-order valence-electron chi connectivity index (χ4n) is 3.81. The van der Waals surface area contributed by atoms with Gasteiger partial charge in [0.15, 0.2) is 5.11 Å². The van der Waals surface area contributed by atoms with Crippen molar-refractivity contribution in [3.05, 3.63) is 41.6 Å².